The van der Waals surface area contributed by atoms with E-state index in [-0.39, 0.29) is 17.6 Å². The molecular formula is C17H17N3O4S. The predicted molar refractivity (Wildman–Crippen MR) is 93.4 cm³/mol. The van der Waals surface area contributed by atoms with Crippen LogP contribution in [0.1, 0.15) is 12.5 Å². The molecule has 2 aromatic carbocycles. The number of hydroxylamine groups is 2. The molecule has 0 aliphatic carbocycles. The van der Waals surface area contributed by atoms with Crippen LogP contribution >= 0.6 is 11.9 Å². The van der Waals surface area contributed by atoms with Gasteiger partial charge in [0.1, 0.15) is 17.5 Å². The van der Waals surface area contributed by atoms with E-state index in [1.54, 1.807) is 18.2 Å². The molecule has 0 saturated carbocycles. The molecule has 0 spiro atoms. The molecule has 2 atom stereocenters. The molecule has 25 heavy (non-hydrogen) atoms. The lowest BCUT2D eigenvalue weighted by atomic mass is 10.0. The highest BCUT2D eigenvalue weighted by Gasteiger charge is 2.46. The second kappa shape index (κ2) is 7.64. The zero-order chi connectivity index (χ0) is 17.8. The average molecular weight is 359 g/mol. The van der Waals surface area contributed by atoms with E-state index in [4.69, 9.17) is 4.84 Å². The van der Waals surface area contributed by atoms with Gasteiger partial charge in [0.25, 0.3) is 11.6 Å². The molecule has 1 amide bonds. The summed E-state index contributed by atoms with van der Waals surface area (Å²) in [5.41, 5.74) is 0.991. The number of para-hydroxylation sites is 1. The summed E-state index contributed by atoms with van der Waals surface area (Å²) < 4.78 is 3.00. The Kier molecular flexibility index (Phi) is 5.32. The van der Waals surface area contributed by atoms with Gasteiger partial charge in [0.2, 0.25) is 0 Å². The van der Waals surface area contributed by atoms with E-state index in [0.717, 1.165) is 17.5 Å². The SMILES string of the molecule is CC1[C@H](NSc2ccccc2[N+](=O)[O-])C(=O)N1OCc1ccccc1. The first-order chi connectivity index (χ1) is 12.1. The number of nitrogens with zero attached hydrogens (tertiary/aromatic N) is 2. The monoisotopic (exact) mass is 359 g/mol. The minimum Gasteiger partial charge on any atom is -0.271 e. The number of β-lactam (4-membered cyclic amide) rings is 1. The molecule has 1 fully saturated rings. The third-order valence-electron chi connectivity index (χ3n) is 3.91. The highest BCUT2D eigenvalue weighted by molar-refractivity contribution is 7.97. The van der Waals surface area contributed by atoms with E-state index in [9.17, 15) is 14.9 Å². The number of benzene rings is 2. The molecule has 130 valence electrons. The summed E-state index contributed by atoms with van der Waals surface area (Å²) in [7, 11) is 0. The lowest BCUT2D eigenvalue weighted by molar-refractivity contribution is -0.387. The van der Waals surface area contributed by atoms with Crippen LogP contribution in [0.3, 0.4) is 0 Å². The summed E-state index contributed by atoms with van der Waals surface area (Å²) in [5, 5.41) is 12.4. The third-order valence-corrected chi connectivity index (χ3v) is 4.84. The molecule has 8 heteroatoms. The summed E-state index contributed by atoms with van der Waals surface area (Å²) in [6, 6.07) is 15.4. The van der Waals surface area contributed by atoms with Crippen molar-refractivity contribution in [2.24, 2.45) is 0 Å². The zero-order valence-electron chi connectivity index (χ0n) is 13.5. The lowest BCUT2D eigenvalue weighted by Gasteiger charge is -2.43. The normalized spacial score (nSPS) is 19.6. The van der Waals surface area contributed by atoms with Crippen molar-refractivity contribution in [3.63, 3.8) is 0 Å². The minimum atomic E-state index is -0.444. The highest BCUT2D eigenvalue weighted by Crippen LogP contribution is 2.30. The molecule has 1 aliphatic heterocycles. The van der Waals surface area contributed by atoms with Crippen LogP contribution in [0, 0.1) is 10.1 Å². The van der Waals surface area contributed by atoms with Gasteiger partial charge in [-0.1, -0.05) is 42.5 Å². The van der Waals surface area contributed by atoms with Crippen LogP contribution < -0.4 is 4.72 Å². The van der Waals surface area contributed by atoms with Crippen LogP contribution in [-0.2, 0) is 16.2 Å². The summed E-state index contributed by atoms with van der Waals surface area (Å²) in [4.78, 5) is 28.8. The fraction of sp³-hybridized carbons (Fsp3) is 0.235. The fourth-order valence-corrected chi connectivity index (χ4v) is 3.41. The van der Waals surface area contributed by atoms with Gasteiger partial charge in [0.05, 0.1) is 11.0 Å². The number of nitrogens with one attached hydrogen (secondary N) is 1. The number of amides is 1. The fourth-order valence-electron chi connectivity index (χ4n) is 2.47. The molecule has 7 nitrogen and oxygen atoms in total. The Morgan fingerprint density at radius 1 is 1.20 bits per heavy atom. The molecule has 0 bridgehead atoms. The van der Waals surface area contributed by atoms with Crippen LogP contribution in [0.15, 0.2) is 59.5 Å². The van der Waals surface area contributed by atoms with Gasteiger partial charge in [0.15, 0.2) is 0 Å². The number of nitro benzene ring substituents is 1. The van der Waals surface area contributed by atoms with Crippen molar-refractivity contribution in [2.75, 3.05) is 0 Å². The van der Waals surface area contributed by atoms with Crippen molar-refractivity contribution in [1.29, 1.82) is 0 Å². The molecule has 2 aromatic rings. The van der Waals surface area contributed by atoms with Crippen LogP contribution in [0.25, 0.3) is 0 Å². The van der Waals surface area contributed by atoms with Crippen molar-refractivity contribution < 1.29 is 14.6 Å². The van der Waals surface area contributed by atoms with Crippen LogP contribution in [0.2, 0.25) is 0 Å². The Morgan fingerprint density at radius 2 is 1.88 bits per heavy atom. The molecular weight excluding hydrogens is 342 g/mol. The highest BCUT2D eigenvalue weighted by atomic mass is 32.2. The van der Waals surface area contributed by atoms with Crippen molar-refractivity contribution in [1.82, 2.24) is 9.79 Å². The summed E-state index contributed by atoms with van der Waals surface area (Å²) in [5.74, 6) is -0.186. The molecule has 1 heterocycles. The molecule has 3 rings (SSSR count). The van der Waals surface area contributed by atoms with Gasteiger partial charge in [-0.2, -0.15) is 0 Å². The lowest BCUT2D eigenvalue weighted by Crippen LogP contribution is -2.67. The standard InChI is InChI=1S/C17H17N3O4S/c1-12-16(18-25-15-10-6-5-9-14(15)20(22)23)17(21)19(12)24-11-13-7-3-2-4-8-13/h2-10,12,16,18H,11H2,1H3/t12?,16-/m0/s1. The number of rotatable bonds is 7. The number of carbonyl (C=O) groups excluding carboxylic acids is 1. The smallest absolute Gasteiger partial charge is 0.271 e. The van der Waals surface area contributed by atoms with E-state index in [1.807, 2.05) is 37.3 Å². The quantitative estimate of drug-likeness (QED) is 0.354. The Morgan fingerprint density at radius 3 is 2.56 bits per heavy atom. The van der Waals surface area contributed by atoms with Gasteiger partial charge in [-0.25, -0.2) is 9.79 Å². The van der Waals surface area contributed by atoms with Gasteiger partial charge >= 0.3 is 0 Å². The molecule has 1 N–H and O–H groups in total. The van der Waals surface area contributed by atoms with Gasteiger partial charge in [-0.05, 0) is 30.5 Å². The number of hydrogen-bond donors (Lipinski definition) is 1. The maximum Gasteiger partial charge on any atom is 0.284 e. The second-order valence-electron chi connectivity index (χ2n) is 5.59. The van der Waals surface area contributed by atoms with Crippen molar-refractivity contribution >= 4 is 23.5 Å². The molecule has 1 aliphatic rings. The predicted octanol–water partition coefficient (Wildman–Crippen LogP) is 2.92. The molecule has 0 aromatic heterocycles. The average Bonchev–Trinajstić information content (AvgIpc) is 2.63. The minimum absolute atomic E-state index is 0.0107. The molecule has 1 unspecified atom stereocenters. The van der Waals surface area contributed by atoms with Gasteiger partial charge in [0, 0.05) is 6.07 Å². The van der Waals surface area contributed by atoms with E-state index < -0.39 is 11.0 Å². The Hall–Kier alpha value is -2.42. The molecule has 0 radical (unpaired) electrons. The zero-order valence-corrected chi connectivity index (χ0v) is 14.3. The van der Waals surface area contributed by atoms with Gasteiger partial charge in [-0.15, -0.1) is 0 Å². The van der Waals surface area contributed by atoms with E-state index in [1.165, 1.54) is 11.1 Å². The van der Waals surface area contributed by atoms with Crippen LogP contribution in [0.4, 0.5) is 5.69 Å². The molecule has 1 saturated heterocycles. The van der Waals surface area contributed by atoms with Crippen molar-refractivity contribution in [3.05, 3.63) is 70.3 Å². The van der Waals surface area contributed by atoms with Gasteiger partial charge in [-0.3, -0.25) is 19.7 Å². The first-order valence-corrected chi connectivity index (χ1v) is 8.55. The summed E-state index contributed by atoms with van der Waals surface area (Å²) in [6.07, 6.45) is 0. The third kappa shape index (κ3) is 3.81. The second-order valence-corrected chi connectivity index (χ2v) is 6.47. The maximum atomic E-state index is 12.2. The van der Waals surface area contributed by atoms with E-state index in [0.29, 0.717) is 11.5 Å². The number of carbonyl (C=O) groups is 1. The number of hydrogen-bond acceptors (Lipinski definition) is 6. The van der Waals surface area contributed by atoms with E-state index >= 15 is 0 Å². The number of nitro groups is 1. The topological polar surface area (TPSA) is 84.7 Å². The first kappa shape index (κ1) is 17.4. The van der Waals surface area contributed by atoms with Crippen LogP contribution in [0.5, 0.6) is 0 Å². The Bertz CT molecular complexity index is 771. The largest absolute Gasteiger partial charge is 0.284 e. The summed E-state index contributed by atoms with van der Waals surface area (Å²) >= 11 is 1.09. The van der Waals surface area contributed by atoms with Gasteiger partial charge < -0.3 is 0 Å². The van der Waals surface area contributed by atoms with Crippen molar-refractivity contribution in [2.45, 2.75) is 30.5 Å². The maximum absolute atomic E-state index is 12.2. The Labute approximate surface area is 149 Å². The van der Waals surface area contributed by atoms with Crippen LogP contribution in [-0.4, -0.2) is 28.0 Å². The summed E-state index contributed by atoms with van der Waals surface area (Å²) in [6.45, 7) is 2.19. The van der Waals surface area contributed by atoms with E-state index in [2.05, 4.69) is 4.72 Å². The Balaban J connectivity index is 1.54. The first-order valence-electron chi connectivity index (χ1n) is 7.73. The van der Waals surface area contributed by atoms with Crippen molar-refractivity contribution in [3.8, 4) is 0 Å².